The molecule has 0 heterocycles. The van der Waals surface area contributed by atoms with Crippen LogP contribution in [0.1, 0.15) is 31.4 Å². The van der Waals surface area contributed by atoms with Gasteiger partial charge in [-0.15, -0.1) is 0 Å². The summed E-state index contributed by atoms with van der Waals surface area (Å²) in [6.45, 7) is 3.94. The van der Waals surface area contributed by atoms with Crippen LogP contribution in [0.25, 0.3) is 0 Å². The Labute approximate surface area is 120 Å². The molecule has 1 atom stereocenters. The summed E-state index contributed by atoms with van der Waals surface area (Å²) in [5.41, 5.74) is 0.979. The number of hydrogen-bond donors (Lipinski definition) is 2. The Kier molecular flexibility index (Phi) is 6.14. The molecule has 1 rings (SSSR count). The molecule has 0 spiro atoms. The first-order valence-electron chi connectivity index (χ1n) is 6.47. The third kappa shape index (κ3) is 6.15. The summed E-state index contributed by atoms with van der Waals surface area (Å²) >= 11 is 0. The summed E-state index contributed by atoms with van der Waals surface area (Å²) < 4.78 is 26.2. The molecule has 0 aliphatic rings. The van der Waals surface area contributed by atoms with E-state index < -0.39 is 16.1 Å². The SMILES string of the molecule is CC(C)CC(O)CNS(=O)(=O)Cc1cccc(C#N)c1. The quantitative estimate of drug-likeness (QED) is 0.795. The van der Waals surface area contributed by atoms with Crippen LogP contribution in [0.5, 0.6) is 0 Å². The molecule has 2 N–H and O–H groups in total. The van der Waals surface area contributed by atoms with Crippen molar-refractivity contribution < 1.29 is 13.5 Å². The van der Waals surface area contributed by atoms with E-state index in [2.05, 4.69) is 4.72 Å². The van der Waals surface area contributed by atoms with Crippen LogP contribution in [0.4, 0.5) is 0 Å². The molecule has 5 nitrogen and oxygen atoms in total. The van der Waals surface area contributed by atoms with Crippen molar-refractivity contribution in [2.45, 2.75) is 32.1 Å². The average Bonchev–Trinajstić information content (AvgIpc) is 2.35. The minimum Gasteiger partial charge on any atom is -0.392 e. The van der Waals surface area contributed by atoms with Crippen LogP contribution in [0.2, 0.25) is 0 Å². The zero-order chi connectivity index (χ0) is 15.2. The third-order valence-corrected chi connectivity index (χ3v) is 4.01. The number of aliphatic hydroxyl groups is 1. The lowest BCUT2D eigenvalue weighted by Gasteiger charge is -2.14. The van der Waals surface area contributed by atoms with E-state index >= 15 is 0 Å². The summed E-state index contributed by atoms with van der Waals surface area (Å²) in [6, 6.07) is 8.44. The smallest absolute Gasteiger partial charge is 0.215 e. The summed E-state index contributed by atoms with van der Waals surface area (Å²) in [6.07, 6.45) is -0.137. The van der Waals surface area contributed by atoms with Crippen LogP contribution in [-0.4, -0.2) is 26.2 Å². The van der Waals surface area contributed by atoms with Gasteiger partial charge in [-0.3, -0.25) is 0 Å². The standard InChI is InChI=1S/C14H20N2O3S/c1-11(2)6-14(17)9-16-20(18,19)10-13-5-3-4-12(7-13)8-15/h3-5,7,11,14,16-17H,6,9-10H2,1-2H3. The maximum Gasteiger partial charge on any atom is 0.215 e. The second-order valence-electron chi connectivity index (χ2n) is 5.20. The van der Waals surface area contributed by atoms with Gasteiger partial charge >= 0.3 is 0 Å². The number of rotatable bonds is 7. The highest BCUT2D eigenvalue weighted by atomic mass is 32.2. The van der Waals surface area contributed by atoms with Gasteiger partial charge in [-0.05, 0) is 30.0 Å². The molecule has 1 unspecified atom stereocenters. The summed E-state index contributed by atoms with van der Waals surface area (Å²) in [4.78, 5) is 0. The van der Waals surface area contributed by atoms with E-state index in [0.29, 0.717) is 23.5 Å². The summed E-state index contributed by atoms with van der Waals surface area (Å²) in [5.74, 6) is 0.110. The van der Waals surface area contributed by atoms with Crippen molar-refractivity contribution >= 4 is 10.0 Å². The molecule has 6 heteroatoms. The largest absolute Gasteiger partial charge is 0.392 e. The second kappa shape index (κ2) is 7.39. The van der Waals surface area contributed by atoms with Gasteiger partial charge in [0.15, 0.2) is 0 Å². The topological polar surface area (TPSA) is 90.2 Å². The molecule has 0 fully saturated rings. The lowest BCUT2D eigenvalue weighted by Crippen LogP contribution is -2.33. The Balaban J connectivity index is 2.59. The molecule has 0 aromatic heterocycles. The van der Waals surface area contributed by atoms with E-state index in [9.17, 15) is 13.5 Å². The van der Waals surface area contributed by atoms with E-state index in [4.69, 9.17) is 5.26 Å². The molecule has 0 aliphatic carbocycles. The molecule has 0 radical (unpaired) electrons. The molecule has 20 heavy (non-hydrogen) atoms. The highest BCUT2D eigenvalue weighted by Crippen LogP contribution is 2.09. The van der Waals surface area contributed by atoms with Crippen LogP contribution in [-0.2, 0) is 15.8 Å². The fraction of sp³-hybridized carbons (Fsp3) is 0.500. The van der Waals surface area contributed by atoms with E-state index in [0.717, 1.165) is 0 Å². The van der Waals surface area contributed by atoms with Gasteiger partial charge in [-0.2, -0.15) is 5.26 Å². The Morgan fingerprint density at radius 2 is 2.10 bits per heavy atom. The van der Waals surface area contributed by atoms with Gasteiger partial charge < -0.3 is 5.11 Å². The average molecular weight is 296 g/mol. The Morgan fingerprint density at radius 1 is 1.40 bits per heavy atom. The molecule has 0 amide bonds. The number of nitriles is 1. The van der Waals surface area contributed by atoms with Gasteiger partial charge in [0.05, 0.1) is 23.5 Å². The first-order chi connectivity index (χ1) is 9.32. The summed E-state index contributed by atoms with van der Waals surface area (Å²) in [5, 5.41) is 18.4. The van der Waals surface area contributed by atoms with Crippen LogP contribution < -0.4 is 4.72 Å². The third-order valence-electron chi connectivity index (χ3n) is 2.70. The van der Waals surface area contributed by atoms with E-state index in [1.165, 1.54) is 0 Å². The Morgan fingerprint density at radius 3 is 2.70 bits per heavy atom. The number of benzene rings is 1. The Bertz CT molecular complexity index is 576. The number of sulfonamides is 1. The first kappa shape index (κ1) is 16.6. The molecule has 0 saturated heterocycles. The van der Waals surface area contributed by atoms with E-state index in [1.807, 2.05) is 19.9 Å². The highest BCUT2D eigenvalue weighted by Gasteiger charge is 2.15. The van der Waals surface area contributed by atoms with Gasteiger partial charge in [-0.25, -0.2) is 13.1 Å². The molecule has 0 bridgehead atoms. The van der Waals surface area contributed by atoms with Gasteiger partial charge in [0.1, 0.15) is 0 Å². The number of nitrogens with one attached hydrogen (secondary N) is 1. The second-order valence-corrected chi connectivity index (χ2v) is 7.01. The molecule has 1 aromatic rings. The van der Waals surface area contributed by atoms with Crippen molar-refractivity contribution in [3.63, 3.8) is 0 Å². The molecular formula is C14H20N2O3S. The lowest BCUT2D eigenvalue weighted by atomic mass is 10.1. The predicted octanol–water partition coefficient (Wildman–Crippen LogP) is 1.38. The maximum absolute atomic E-state index is 11.9. The normalized spacial score (nSPS) is 13.2. The molecule has 0 aliphatic heterocycles. The Hall–Kier alpha value is -1.42. The summed E-state index contributed by atoms with van der Waals surface area (Å²) in [7, 11) is -3.51. The number of aliphatic hydroxyl groups excluding tert-OH is 1. The molecule has 1 aromatic carbocycles. The molecular weight excluding hydrogens is 276 g/mol. The number of hydrogen-bond acceptors (Lipinski definition) is 4. The molecule has 0 saturated carbocycles. The van der Waals surface area contributed by atoms with E-state index in [1.54, 1.807) is 24.3 Å². The first-order valence-corrected chi connectivity index (χ1v) is 8.12. The van der Waals surface area contributed by atoms with Gasteiger partial charge in [0, 0.05) is 6.54 Å². The lowest BCUT2D eigenvalue weighted by molar-refractivity contribution is 0.152. The highest BCUT2D eigenvalue weighted by molar-refractivity contribution is 7.88. The fourth-order valence-corrected chi connectivity index (χ4v) is 3.02. The zero-order valence-corrected chi connectivity index (χ0v) is 12.5. The fourth-order valence-electron chi connectivity index (χ4n) is 1.85. The minimum absolute atomic E-state index is 0.0124. The van der Waals surface area contributed by atoms with E-state index in [-0.39, 0.29) is 12.3 Å². The number of nitrogens with zero attached hydrogens (tertiary/aromatic N) is 1. The monoisotopic (exact) mass is 296 g/mol. The van der Waals surface area contributed by atoms with Gasteiger partial charge in [0.2, 0.25) is 10.0 Å². The minimum atomic E-state index is -3.51. The van der Waals surface area contributed by atoms with Crippen molar-refractivity contribution in [2.24, 2.45) is 5.92 Å². The maximum atomic E-state index is 11.9. The van der Waals surface area contributed by atoms with Crippen LogP contribution in [0, 0.1) is 17.2 Å². The van der Waals surface area contributed by atoms with Crippen molar-refractivity contribution in [3.05, 3.63) is 35.4 Å². The van der Waals surface area contributed by atoms with Crippen molar-refractivity contribution in [1.29, 1.82) is 5.26 Å². The van der Waals surface area contributed by atoms with Gasteiger partial charge in [-0.1, -0.05) is 26.0 Å². The van der Waals surface area contributed by atoms with Crippen molar-refractivity contribution in [3.8, 4) is 6.07 Å². The van der Waals surface area contributed by atoms with Crippen LogP contribution in [0.3, 0.4) is 0 Å². The van der Waals surface area contributed by atoms with Crippen molar-refractivity contribution in [2.75, 3.05) is 6.54 Å². The van der Waals surface area contributed by atoms with Crippen LogP contribution >= 0.6 is 0 Å². The van der Waals surface area contributed by atoms with Crippen LogP contribution in [0.15, 0.2) is 24.3 Å². The van der Waals surface area contributed by atoms with Crippen molar-refractivity contribution in [1.82, 2.24) is 4.72 Å². The molecule has 110 valence electrons. The zero-order valence-electron chi connectivity index (χ0n) is 11.7. The van der Waals surface area contributed by atoms with Gasteiger partial charge in [0.25, 0.3) is 0 Å². The predicted molar refractivity (Wildman–Crippen MR) is 77.2 cm³/mol.